The Morgan fingerprint density at radius 2 is 2.19 bits per heavy atom. The number of amides is 1. The van der Waals surface area contributed by atoms with Crippen molar-refractivity contribution in [3.63, 3.8) is 0 Å². The van der Waals surface area contributed by atoms with Crippen LogP contribution < -0.4 is 15.5 Å². The van der Waals surface area contributed by atoms with Crippen molar-refractivity contribution in [3.05, 3.63) is 43.8 Å². The quantitative estimate of drug-likeness (QED) is 0.904. The standard InChI is InChI=1S/C14H17N3O3S/c1-7(13-8(2)21-9(3)17-13)16-14(19)10-5-11(18)12(20-4)6-15-10/h5-7H,1-4H3,(H,15,18)(H,16,19)/t7-/m1/s1. The van der Waals surface area contributed by atoms with Crippen molar-refractivity contribution in [3.8, 4) is 5.75 Å². The molecular formula is C14H17N3O3S. The lowest BCUT2D eigenvalue weighted by molar-refractivity contribution is 0.0934. The fraction of sp³-hybridized carbons (Fsp3) is 0.357. The van der Waals surface area contributed by atoms with E-state index < -0.39 is 0 Å². The Bertz CT molecular complexity index is 720. The third-order valence-corrected chi connectivity index (χ3v) is 3.94. The molecule has 0 aliphatic carbocycles. The number of hydrogen-bond donors (Lipinski definition) is 2. The van der Waals surface area contributed by atoms with Crippen molar-refractivity contribution in [2.24, 2.45) is 0 Å². The molecule has 2 N–H and O–H groups in total. The van der Waals surface area contributed by atoms with E-state index in [1.807, 2.05) is 20.8 Å². The summed E-state index contributed by atoms with van der Waals surface area (Å²) in [5.74, 6) is -0.183. The molecule has 2 rings (SSSR count). The third-order valence-electron chi connectivity index (χ3n) is 3.04. The van der Waals surface area contributed by atoms with Gasteiger partial charge in [-0.3, -0.25) is 9.59 Å². The van der Waals surface area contributed by atoms with Gasteiger partial charge < -0.3 is 15.0 Å². The fourth-order valence-corrected chi connectivity index (χ4v) is 2.95. The van der Waals surface area contributed by atoms with E-state index in [2.05, 4.69) is 15.3 Å². The second-order valence-electron chi connectivity index (χ2n) is 4.65. The molecule has 0 radical (unpaired) electrons. The highest BCUT2D eigenvalue weighted by Gasteiger charge is 2.17. The van der Waals surface area contributed by atoms with Gasteiger partial charge in [0.2, 0.25) is 5.43 Å². The van der Waals surface area contributed by atoms with Gasteiger partial charge in [-0.2, -0.15) is 0 Å². The number of pyridine rings is 1. The topological polar surface area (TPSA) is 84.1 Å². The highest BCUT2D eigenvalue weighted by atomic mass is 32.1. The number of methoxy groups -OCH3 is 1. The van der Waals surface area contributed by atoms with Crippen LogP contribution in [0.2, 0.25) is 0 Å². The van der Waals surface area contributed by atoms with Crippen LogP contribution in [-0.4, -0.2) is 23.0 Å². The number of carbonyl (C=O) groups is 1. The molecule has 21 heavy (non-hydrogen) atoms. The van der Waals surface area contributed by atoms with Crippen LogP contribution in [0.5, 0.6) is 5.75 Å². The minimum atomic E-state index is -0.354. The molecule has 0 bridgehead atoms. The van der Waals surface area contributed by atoms with Gasteiger partial charge in [-0.1, -0.05) is 0 Å². The van der Waals surface area contributed by atoms with E-state index in [1.165, 1.54) is 19.4 Å². The van der Waals surface area contributed by atoms with Crippen LogP contribution in [0.25, 0.3) is 0 Å². The van der Waals surface area contributed by atoms with E-state index >= 15 is 0 Å². The van der Waals surface area contributed by atoms with Crippen molar-refractivity contribution in [2.45, 2.75) is 26.8 Å². The maximum atomic E-state index is 12.2. The van der Waals surface area contributed by atoms with E-state index in [1.54, 1.807) is 11.3 Å². The van der Waals surface area contributed by atoms with E-state index in [9.17, 15) is 9.59 Å². The molecule has 0 fully saturated rings. The van der Waals surface area contributed by atoms with E-state index in [4.69, 9.17) is 4.74 Å². The summed E-state index contributed by atoms with van der Waals surface area (Å²) in [6.45, 7) is 5.76. The van der Waals surface area contributed by atoms with Crippen LogP contribution >= 0.6 is 11.3 Å². The second-order valence-corrected chi connectivity index (χ2v) is 6.06. The molecule has 0 aliphatic rings. The zero-order valence-electron chi connectivity index (χ0n) is 12.3. The molecule has 2 aromatic rings. The predicted molar refractivity (Wildman–Crippen MR) is 81.1 cm³/mol. The summed E-state index contributed by atoms with van der Waals surface area (Å²) in [5, 5.41) is 3.79. The van der Waals surface area contributed by atoms with Crippen LogP contribution in [0.3, 0.4) is 0 Å². The molecule has 2 heterocycles. The van der Waals surface area contributed by atoms with Gasteiger partial charge in [0.1, 0.15) is 5.69 Å². The van der Waals surface area contributed by atoms with Gasteiger partial charge in [-0.25, -0.2) is 4.98 Å². The maximum Gasteiger partial charge on any atom is 0.268 e. The zero-order chi connectivity index (χ0) is 15.6. The Hall–Kier alpha value is -2.15. The molecule has 1 amide bonds. The Labute approximate surface area is 126 Å². The van der Waals surface area contributed by atoms with Gasteiger partial charge >= 0.3 is 0 Å². The Kier molecular flexibility index (Phi) is 4.42. The lowest BCUT2D eigenvalue weighted by Crippen LogP contribution is -2.29. The minimum Gasteiger partial charge on any atom is -0.491 e. The van der Waals surface area contributed by atoms with Gasteiger partial charge in [-0.15, -0.1) is 11.3 Å². The number of H-pyrrole nitrogens is 1. The van der Waals surface area contributed by atoms with Gasteiger partial charge in [0, 0.05) is 17.1 Å². The summed E-state index contributed by atoms with van der Waals surface area (Å²) in [4.78, 5) is 32.0. The van der Waals surface area contributed by atoms with E-state index in [0.29, 0.717) is 0 Å². The number of nitrogens with one attached hydrogen (secondary N) is 2. The zero-order valence-corrected chi connectivity index (χ0v) is 13.1. The molecule has 2 aromatic heterocycles. The largest absolute Gasteiger partial charge is 0.491 e. The number of aryl methyl sites for hydroxylation is 2. The molecule has 0 saturated carbocycles. The smallest absolute Gasteiger partial charge is 0.268 e. The van der Waals surface area contributed by atoms with Crippen LogP contribution in [0, 0.1) is 13.8 Å². The normalized spacial score (nSPS) is 12.0. The molecule has 1 atom stereocenters. The van der Waals surface area contributed by atoms with Gasteiger partial charge in [-0.05, 0) is 20.8 Å². The summed E-state index contributed by atoms with van der Waals surface area (Å²) >= 11 is 1.59. The summed E-state index contributed by atoms with van der Waals surface area (Å²) < 4.78 is 4.86. The molecular weight excluding hydrogens is 290 g/mol. The number of carbonyl (C=O) groups excluding carboxylic acids is 1. The van der Waals surface area contributed by atoms with Crippen LogP contribution in [0.15, 0.2) is 17.1 Å². The number of thiazole rings is 1. The van der Waals surface area contributed by atoms with Crippen LogP contribution in [-0.2, 0) is 0 Å². The van der Waals surface area contributed by atoms with Crippen LogP contribution in [0.4, 0.5) is 0 Å². The minimum absolute atomic E-state index is 0.172. The first-order valence-electron chi connectivity index (χ1n) is 6.44. The monoisotopic (exact) mass is 307 g/mol. The predicted octanol–water partition coefficient (Wildman–Crippen LogP) is 1.95. The van der Waals surface area contributed by atoms with E-state index in [0.717, 1.165) is 15.6 Å². The molecule has 0 unspecified atom stereocenters. The highest BCUT2D eigenvalue weighted by molar-refractivity contribution is 7.11. The summed E-state index contributed by atoms with van der Waals surface area (Å²) in [7, 11) is 1.40. The van der Waals surface area contributed by atoms with E-state index in [-0.39, 0.29) is 28.8 Å². The summed E-state index contributed by atoms with van der Waals surface area (Å²) in [6, 6.07) is 0.994. The SMILES string of the molecule is COc1c[nH]c(C(=O)N[C@H](C)c2nc(C)sc2C)cc1=O. The Balaban J connectivity index is 2.16. The molecule has 0 aliphatic heterocycles. The molecule has 0 aromatic carbocycles. The molecule has 7 heteroatoms. The number of ether oxygens (including phenoxy) is 1. The number of rotatable bonds is 4. The summed E-state index contributed by atoms with van der Waals surface area (Å²) in [5.41, 5.74) is 0.702. The number of aromatic nitrogens is 2. The highest BCUT2D eigenvalue weighted by Crippen LogP contribution is 2.22. The lowest BCUT2D eigenvalue weighted by atomic mass is 10.2. The first kappa shape index (κ1) is 15.2. The van der Waals surface area contributed by atoms with Crippen molar-refractivity contribution in [2.75, 3.05) is 7.11 Å². The van der Waals surface area contributed by atoms with Gasteiger partial charge in [0.25, 0.3) is 5.91 Å². The van der Waals surface area contributed by atoms with Crippen molar-refractivity contribution < 1.29 is 9.53 Å². The first-order chi connectivity index (χ1) is 9.92. The number of nitrogens with zero attached hydrogens (tertiary/aromatic N) is 1. The van der Waals surface area contributed by atoms with Crippen molar-refractivity contribution in [1.82, 2.24) is 15.3 Å². The fourth-order valence-electron chi connectivity index (χ4n) is 2.04. The average Bonchev–Trinajstić information content (AvgIpc) is 2.77. The third kappa shape index (κ3) is 3.30. The Morgan fingerprint density at radius 1 is 1.48 bits per heavy atom. The molecule has 6 nitrogen and oxygen atoms in total. The first-order valence-corrected chi connectivity index (χ1v) is 7.25. The average molecular weight is 307 g/mol. The van der Waals surface area contributed by atoms with Gasteiger partial charge in [0.05, 0.1) is 23.9 Å². The van der Waals surface area contributed by atoms with Crippen LogP contribution in [0.1, 0.15) is 39.0 Å². The second kappa shape index (κ2) is 6.09. The molecule has 0 spiro atoms. The Morgan fingerprint density at radius 3 is 2.71 bits per heavy atom. The summed E-state index contributed by atoms with van der Waals surface area (Å²) in [6.07, 6.45) is 1.38. The van der Waals surface area contributed by atoms with Crippen molar-refractivity contribution >= 4 is 17.2 Å². The number of hydrogen-bond acceptors (Lipinski definition) is 5. The maximum absolute atomic E-state index is 12.2. The van der Waals surface area contributed by atoms with Crippen molar-refractivity contribution in [1.29, 1.82) is 0 Å². The number of aromatic amines is 1. The van der Waals surface area contributed by atoms with Gasteiger partial charge in [0.15, 0.2) is 5.75 Å². The lowest BCUT2D eigenvalue weighted by Gasteiger charge is -2.12. The molecule has 0 saturated heterocycles. The molecule has 112 valence electrons.